The topological polar surface area (TPSA) is 51.2 Å². The van der Waals surface area contributed by atoms with Crippen LogP contribution in [0.2, 0.25) is 0 Å². The van der Waals surface area contributed by atoms with Crippen LogP contribution in [0.5, 0.6) is 0 Å². The molecule has 94 valence electrons. The highest BCUT2D eigenvalue weighted by atomic mass is 79.9. The van der Waals surface area contributed by atoms with Crippen molar-refractivity contribution in [2.45, 2.75) is 26.3 Å². The number of halogens is 1. The maximum absolute atomic E-state index is 11.8. The molecule has 1 rings (SSSR count). The molecule has 1 unspecified atom stereocenters. The second-order valence-corrected chi connectivity index (χ2v) is 4.46. The van der Waals surface area contributed by atoms with Gasteiger partial charge in [0.2, 0.25) is 0 Å². The van der Waals surface area contributed by atoms with Gasteiger partial charge in [-0.25, -0.2) is 4.79 Å². The second-order valence-electron chi connectivity index (χ2n) is 3.54. The number of esters is 1. The summed E-state index contributed by atoms with van der Waals surface area (Å²) in [6.07, 6.45) is 2.63. The normalized spacial score (nSPS) is 12.2. The van der Waals surface area contributed by atoms with Gasteiger partial charge in [-0.15, -0.1) is 0 Å². The van der Waals surface area contributed by atoms with Crippen LogP contribution in [0.25, 0.3) is 0 Å². The van der Waals surface area contributed by atoms with E-state index in [4.69, 9.17) is 4.74 Å². The van der Waals surface area contributed by atoms with E-state index in [0.29, 0.717) is 12.3 Å². The zero-order valence-corrected chi connectivity index (χ0v) is 11.7. The Labute approximate surface area is 110 Å². The van der Waals surface area contributed by atoms with Crippen LogP contribution in [-0.4, -0.2) is 24.1 Å². The number of nitrogens with zero attached hydrogens (tertiary/aromatic N) is 1. The molecule has 0 radical (unpaired) electrons. The summed E-state index contributed by atoms with van der Waals surface area (Å²) in [6.45, 7) is 4.97. The maximum Gasteiger partial charge on any atom is 0.329 e. The minimum absolute atomic E-state index is 0.282. The van der Waals surface area contributed by atoms with E-state index in [-0.39, 0.29) is 5.97 Å². The van der Waals surface area contributed by atoms with Crippen LogP contribution in [0.1, 0.15) is 32.0 Å². The minimum Gasteiger partial charge on any atom is -0.465 e. The Kier molecular flexibility index (Phi) is 6.15. The van der Waals surface area contributed by atoms with Gasteiger partial charge in [0.05, 0.1) is 12.3 Å². The number of hydrogen-bond acceptors (Lipinski definition) is 4. The van der Waals surface area contributed by atoms with Gasteiger partial charge < -0.3 is 4.74 Å². The predicted molar refractivity (Wildman–Crippen MR) is 69.6 cm³/mol. The van der Waals surface area contributed by atoms with E-state index in [1.54, 1.807) is 13.1 Å². The monoisotopic (exact) mass is 300 g/mol. The molecule has 0 aromatic carbocycles. The van der Waals surface area contributed by atoms with Crippen LogP contribution in [0, 0.1) is 0 Å². The van der Waals surface area contributed by atoms with E-state index in [2.05, 4.69) is 26.2 Å². The first-order valence-corrected chi connectivity index (χ1v) is 6.49. The molecule has 1 N–H and O–H groups in total. The van der Waals surface area contributed by atoms with Crippen molar-refractivity contribution in [3.8, 4) is 0 Å². The summed E-state index contributed by atoms with van der Waals surface area (Å²) >= 11 is 3.32. The second kappa shape index (κ2) is 7.40. The highest BCUT2D eigenvalue weighted by molar-refractivity contribution is 9.10. The molecule has 0 fully saturated rings. The zero-order valence-electron chi connectivity index (χ0n) is 10.1. The van der Waals surface area contributed by atoms with Gasteiger partial charge in [0.1, 0.15) is 6.04 Å². The summed E-state index contributed by atoms with van der Waals surface area (Å²) < 4.78 is 5.92. The van der Waals surface area contributed by atoms with Crippen molar-refractivity contribution < 1.29 is 9.53 Å². The van der Waals surface area contributed by atoms with Crippen molar-refractivity contribution in [1.29, 1.82) is 0 Å². The highest BCUT2D eigenvalue weighted by Crippen LogP contribution is 2.15. The van der Waals surface area contributed by atoms with Gasteiger partial charge in [-0.2, -0.15) is 0 Å². The van der Waals surface area contributed by atoms with Crippen molar-refractivity contribution in [3.63, 3.8) is 0 Å². The lowest BCUT2D eigenvalue weighted by molar-refractivity contribution is -0.146. The van der Waals surface area contributed by atoms with E-state index in [0.717, 1.165) is 17.4 Å². The smallest absolute Gasteiger partial charge is 0.329 e. The third-order valence-electron chi connectivity index (χ3n) is 2.17. The fraction of sp³-hybridized carbons (Fsp3) is 0.500. The molecule has 0 amide bonds. The first kappa shape index (κ1) is 14.1. The minimum atomic E-state index is -0.483. The Balaban J connectivity index is 2.81. The molecular formula is C12H17BrN2O2. The Bertz CT molecular complexity index is 354. The fourth-order valence-corrected chi connectivity index (χ4v) is 1.62. The molecule has 1 heterocycles. The van der Waals surface area contributed by atoms with Crippen LogP contribution in [0.4, 0.5) is 0 Å². The van der Waals surface area contributed by atoms with Gasteiger partial charge in [0.15, 0.2) is 0 Å². The van der Waals surface area contributed by atoms with E-state index in [1.165, 1.54) is 0 Å². The SMILES string of the molecule is CCCNC(C(=O)OCC)c1ccc(Br)cn1. The van der Waals surface area contributed by atoms with Crippen molar-refractivity contribution in [2.75, 3.05) is 13.2 Å². The summed E-state index contributed by atoms with van der Waals surface area (Å²) in [5.41, 5.74) is 0.681. The van der Waals surface area contributed by atoms with Crippen molar-refractivity contribution in [2.24, 2.45) is 0 Å². The number of carbonyl (C=O) groups is 1. The molecule has 4 nitrogen and oxygen atoms in total. The number of nitrogens with one attached hydrogen (secondary N) is 1. The van der Waals surface area contributed by atoms with Gasteiger partial charge in [-0.3, -0.25) is 10.3 Å². The molecule has 0 spiro atoms. The molecule has 17 heavy (non-hydrogen) atoms. The van der Waals surface area contributed by atoms with Crippen molar-refractivity contribution in [3.05, 3.63) is 28.5 Å². The average Bonchev–Trinajstić information content (AvgIpc) is 2.32. The molecule has 0 bridgehead atoms. The molecule has 0 aliphatic heterocycles. The van der Waals surface area contributed by atoms with Crippen LogP contribution < -0.4 is 5.32 Å². The molecule has 1 atom stereocenters. The van der Waals surface area contributed by atoms with E-state index < -0.39 is 6.04 Å². The van der Waals surface area contributed by atoms with Gasteiger partial charge >= 0.3 is 5.97 Å². The summed E-state index contributed by atoms with van der Waals surface area (Å²) in [4.78, 5) is 16.0. The van der Waals surface area contributed by atoms with Gasteiger partial charge in [0, 0.05) is 10.7 Å². The lowest BCUT2D eigenvalue weighted by Gasteiger charge is -2.16. The molecular weight excluding hydrogens is 284 g/mol. The molecule has 0 aliphatic rings. The Morgan fingerprint density at radius 2 is 2.29 bits per heavy atom. The quantitative estimate of drug-likeness (QED) is 0.820. The van der Waals surface area contributed by atoms with Gasteiger partial charge in [-0.05, 0) is 48.0 Å². The van der Waals surface area contributed by atoms with E-state index >= 15 is 0 Å². The summed E-state index contributed by atoms with van der Waals surface area (Å²) in [7, 11) is 0. The largest absolute Gasteiger partial charge is 0.465 e. The number of pyridine rings is 1. The lowest BCUT2D eigenvalue weighted by Crippen LogP contribution is -2.31. The van der Waals surface area contributed by atoms with Gasteiger partial charge in [-0.1, -0.05) is 6.92 Å². The van der Waals surface area contributed by atoms with Crippen LogP contribution in [0.15, 0.2) is 22.8 Å². The summed E-state index contributed by atoms with van der Waals surface area (Å²) in [5.74, 6) is -0.282. The number of aromatic nitrogens is 1. The third-order valence-corrected chi connectivity index (χ3v) is 2.64. The molecule has 1 aromatic heterocycles. The number of ether oxygens (including phenoxy) is 1. The standard InChI is InChI=1S/C12H17BrN2O2/c1-3-7-14-11(12(16)17-4-2)10-6-5-9(13)8-15-10/h5-6,8,11,14H,3-4,7H2,1-2H3. The maximum atomic E-state index is 11.8. The summed E-state index contributed by atoms with van der Waals surface area (Å²) in [5, 5.41) is 3.14. The average molecular weight is 301 g/mol. The van der Waals surface area contributed by atoms with Crippen molar-refractivity contribution >= 4 is 21.9 Å². The molecule has 0 saturated heterocycles. The number of rotatable bonds is 6. The van der Waals surface area contributed by atoms with Gasteiger partial charge in [0.25, 0.3) is 0 Å². The number of hydrogen-bond donors (Lipinski definition) is 1. The van der Waals surface area contributed by atoms with Crippen molar-refractivity contribution in [1.82, 2.24) is 10.3 Å². The molecule has 1 aromatic rings. The first-order chi connectivity index (χ1) is 8.19. The third kappa shape index (κ3) is 4.44. The molecule has 0 saturated carbocycles. The summed E-state index contributed by atoms with van der Waals surface area (Å²) in [6, 6.07) is 3.19. The Morgan fingerprint density at radius 1 is 1.53 bits per heavy atom. The predicted octanol–water partition coefficient (Wildman–Crippen LogP) is 2.45. The van der Waals surface area contributed by atoms with E-state index in [1.807, 2.05) is 19.1 Å². The highest BCUT2D eigenvalue weighted by Gasteiger charge is 2.22. The fourth-order valence-electron chi connectivity index (χ4n) is 1.38. The van der Waals surface area contributed by atoms with Crippen LogP contribution in [-0.2, 0) is 9.53 Å². The van der Waals surface area contributed by atoms with Crippen LogP contribution in [0.3, 0.4) is 0 Å². The zero-order chi connectivity index (χ0) is 12.7. The van der Waals surface area contributed by atoms with E-state index in [9.17, 15) is 4.79 Å². The lowest BCUT2D eigenvalue weighted by atomic mass is 10.2. The Hall–Kier alpha value is -0.940. The first-order valence-electron chi connectivity index (χ1n) is 5.70. The molecule has 5 heteroatoms. The van der Waals surface area contributed by atoms with Crippen LogP contribution >= 0.6 is 15.9 Å². The Morgan fingerprint density at radius 3 is 2.82 bits per heavy atom. The number of carbonyl (C=O) groups excluding carboxylic acids is 1. The molecule has 0 aliphatic carbocycles.